The van der Waals surface area contributed by atoms with Gasteiger partial charge < -0.3 is 43.5 Å². The highest BCUT2D eigenvalue weighted by atomic mass is 16.7. The Balaban J connectivity index is 1.43. The first-order valence-electron chi connectivity index (χ1n) is 20.6. The lowest BCUT2D eigenvalue weighted by Gasteiger charge is -2.59. The number of rotatable bonds is 19. The number of aliphatic hydroxyl groups is 2. The van der Waals surface area contributed by atoms with Gasteiger partial charge in [0.25, 0.3) is 5.69 Å². The van der Waals surface area contributed by atoms with Gasteiger partial charge in [0.05, 0.1) is 35.8 Å². The summed E-state index contributed by atoms with van der Waals surface area (Å²) < 4.78 is 37.6. The van der Waals surface area contributed by atoms with Crippen LogP contribution in [0.15, 0.2) is 90.1 Å². The van der Waals surface area contributed by atoms with E-state index in [-0.39, 0.29) is 69.6 Å². The van der Waals surface area contributed by atoms with Crippen molar-refractivity contribution >= 4 is 17.5 Å². The second kappa shape index (κ2) is 19.2. The summed E-state index contributed by atoms with van der Waals surface area (Å²) in [4.78, 5) is 32.7. The number of non-ortho nitro benzene ring substituents is 1. The topological polar surface area (TPSA) is 181 Å². The van der Waals surface area contributed by atoms with Crippen molar-refractivity contribution in [1.82, 2.24) is 4.90 Å². The summed E-state index contributed by atoms with van der Waals surface area (Å²) >= 11 is 0. The molecule has 1 amide bonds. The average molecular weight is 828 g/mol. The van der Waals surface area contributed by atoms with Crippen molar-refractivity contribution in [3.05, 3.63) is 106 Å². The van der Waals surface area contributed by atoms with Crippen LogP contribution in [0, 0.1) is 27.9 Å². The third-order valence-electron chi connectivity index (χ3n) is 11.8. The second-order valence-electron chi connectivity index (χ2n) is 15.3. The molecular weight excluding hydrogens is 775 g/mol. The lowest BCUT2D eigenvalue weighted by molar-refractivity contribution is -0.384. The molecule has 15 heteroatoms. The van der Waals surface area contributed by atoms with Gasteiger partial charge in [0, 0.05) is 43.7 Å². The fourth-order valence-electron chi connectivity index (χ4n) is 9.36. The fourth-order valence-corrected chi connectivity index (χ4v) is 9.36. The van der Waals surface area contributed by atoms with Crippen LogP contribution in [0.1, 0.15) is 68.9 Å². The number of amides is 1. The quantitative estimate of drug-likeness (QED) is 0.0515. The molecule has 6 unspecified atom stereocenters. The SMILES string of the molecule is C=CCOC12Oc3ccc(Oc4cccc([N+](=O)[O-])c4)cc3C3C(CCCCO)C(CCCCO)C=C(C(=NOC)CC1N(Cc1ccc4c(c1)OCO4)C(=O)OCC)C32. The molecule has 0 bridgehead atoms. The zero-order valence-corrected chi connectivity index (χ0v) is 34.0. The Morgan fingerprint density at radius 1 is 1.02 bits per heavy atom. The van der Waals surface area contributed by atoms with E-state index in [1.807, 2.05) is 30.3 Å². The van der Waals surface area contributed by atoms with Crippen molar-refractivity contribution in [3.63, 3.8) is 0 Å². The predicted octanol–water partition coefficient (Wildman–Crippen LogP) is 8.04. The number of ether oxygens (including phenoxy) is 6. The highest BCUT2D eigenvalue weighted by molar-refractivity contribution is 6.03. The normalized spacial score (nSPS) is 24.0. The first-order chi connectivity index (χ1) is 29.2. The zero-order valence-electron chi connectivity index (χ0n) is 34.0. The van der Waals surface area contributed by atoms with Crippen molar-refractivity contribution < 1.29 is 53.2 Å². The minimum absolute atomic E-state index is 0.0179. The van der Waals surface area contributed by atoms with Gasteiger partial charge in [-0.05, 0) is 92.0 Å². The average Bonchev–Trinajstić information content (AvgIpc) is 3.72. The molecule has 60 heavy (non-hydrogen) atoms. The number of oxime groups is 1. The van der Waals surface area contributed by atoms with Gasteiger partial charge >= 0.3 is 6.09 Å². The van der Waals surface area contributed by atoms with Crippen molar-refractivity contribution in [2.75, 3.05) is 40.3 Å². The van der Waals surface area contributed by atoms with Gasteiger partial charge in [-0.2, -0.15) is 0 Å². The summed E-state index contributed by atoms with van der Waals surface area (Å²) in [6.45, 7) is 6.28. The Hall–Kier alpha value is -5.64. The molecule has 2 heterocycles. The summed E-state index contributed by atoms with van der Waals surface area (Å²) in [7, 11) is 1.50. The molecule has 1 saturated carbocycles. The Morgan fingerprint density at radius 2 is 1.78 bits per heavy atom. The van der Waals surface area contributed by atoms with Crippen molar-refractivity contribution in [2.24, 2.45) is 22.9 Å². The van der Waals surface area contributed by atoms with E-state index >= 15 is 0 Å². The van der Waals surface area contributed by atoms with Crippen LogP contribution in [0.4, 0.5) is 10.5 Å². The van der Waals surface area contributed by atoms with Crippen molar-refractivity contribution in [1.29, 1.82) is 0 Å². The van der Waals surface area contributed by atoms with Crippen LogP contribution in [0.2, 0.25) is 0 Å². The number of hydrogen-bond acceptors (Lipinski definition) is 13. The number of nitrogens with zero attached hydrogens (tertiary/aromatic N) is 3. The lowest BCUT2D eigenvalue weighted by atomic mass is 9.55. The number of fused-ring (bicyclic) bond motifs is 3. The number of nitro benzene ring substituents is 1. The van der Waals surface area contributed by atoms with E-state index in [4.69, 9.17) is 33.3 Å². The Labute approximate surface area is 349 Å². The largest absolute Gasteiger partial charge is 0.459 e. The Bertz CT molecular complexity index is 2090. The lowest BCUT2D eigenvalue weighted by Crippen LogP contribution is -2.70. The summed E-state index contributed by atoms with van der Waals surface area (Å²) in [6, 6.07) is 16.3. The molecule has 0 spiro atoms. The van der Waals surface area contributed by atoms with Gasteiger partial charge in [-0.25, -0.2) is 4.79 Å². The maximum atomic E-state index is 14.4. The van der Waals surface area contributed by atoms with Crippen LogP contribution in [0.25, 0.3) is 0 Å². The molecule has 2 N–H and O–H groups in total. The molecule has 0 aromatic heterocycles. The molecule has 0 radical (unpaired) electrons. The first kappa shape index (κ1) is 42.5. The number of carbonyl (C=O) groups excluding carboxylic acids is 1. The van der Waals surface area contributed by atoms with Crippen LogP contribution in [-0.4, -0.2) is 84.0 Å². The molecule has 320 valence electrons. The van der Waals surface area contributed by atoms with Gasteiger partial charge in [-0.3, -0.25) is 15.0 Å². The minimum atomic E-state index is -1.51. The number of nitro groups is 1. The van der Waals surface area contributed by atoms with Gasteiger partial charge in [0.1, 0.15) is 30.4 Å². The molecule has 7 rings (SSSR count). The minimum Gasteiger partial charge on any atom is -0.459 e. The predicted molar refractivity (Wildman–Crippen MR) is 220 cm³/mol. The summed E-state index contributed by atoms with van der Waals surface area (Å²) in [6.07, 6.45) is 7.81. The monoisotopic (exact) mass is 827 g/mol. The molecule has 2 aliphatic carbocycles. The standard InChI is InChI=1S/C45H53N3O12/c1-4-21-58-45-41(47(44(51)55-5-2)27-29-15-17-39-40(22-29)57-28-56-39)26-37(46-54-3)35-23-30(11-6-8-19-49)34(14-7-9-20-50)42(43(35)45)36-25-33(16-18-38(36)60-45)59-32-13-10-12-31(24-32)48(52)53/h4,10,12-13,15-18,22-25,30,34,41-43,49-50H,1,5-9,11,14,19-21,26-28H2,2-3H3. The molecule has 15 nitrogen and oxygen atoms in total. The maximum Gasteiger partial charge on any atom is 0.410 e. The van der Waals surface area contributed by atoms with Gasteiger partial charge in [0.2, 0.25) is 12.6 Å². The molecule has 4 aliphatic rings. The third kappa shape index (κ3) is 8.65. The summed E-state index contributed by atoms with van der Waals surface area (Å²) in [5.41, 5.74) is 3.01. The third-order valence-corrected chi connectivity index (χ3v) is 11.8. The van der Waals surface area contributed by atoms with E-state index in [2.05, 4.69) is 17.8 Å². The van der Waals surface area contributed by atoms with Crippen molar-refractivity contribution in [2.45, 2.75) is 76.2 Å². The highest BCUT2D eigenvalue weighted by Gasteiger charge is 2.65. The van der Waals surface area contributed by atoms with E-state index in [1.54, 1.807) is 36.1 Å². The van der Waals surface area contributed by atoms with Crippen LogP contribution in [0.3, 0.4) is 0 Å². The van der Waals surface area contributed by atoms with Gasteiger partial charge in [-0.15, -0.1) is 6.58 Å². The second-order valence-corrected chi connectivity index (χ2v) is 15.3. The number of carbonyl (C=O) groups is 1. The molecule has 1 fully saturated rings. The van der Waals surface area contributed by atoms with Crippen LogP contribution in [-0.2, 0) is 20.9 Å². The number of benzene rings is 3. The number of aliphatic hydroxyl groups excluding tert-OH is 2. The molecular formula is C45H53N3O12. The Kier molecular flexibility index (Phi) is 13.6. The number of allylic oxidation sites excluding steroid dienone is 1. The number of unbranched alkanes of at least 4 members (excludes halogenated alkanes) is 2. The molecule has 3 aromatic rings. The summed E-state index contributed by atoms with van der Waals surface area (Å²) in [5.74, 6) is 0.0612. The van der Waals surface area contributed by atoms with E-state index < -0.39 is 28.8 Å². The Morgan fingerprint density at radius 3 is 2.53 bits per heavy atom. The molecule has 6 atom stereocenters. The van der Waals surface area contributed by atoms with E-state index in [9.17, 15) is 25.1 Å². The van der Waals surface area contributed by atoms with Crippen LogP contribution >= 0.6 is 0 Å². The zero-order chi connectivity index (χ0) is 42.2. The first-order valence-corrected chi connectivity index (χ1v) is 20.6. The fraction of sp³-hybridized carbons (Fsp3) is 0.467. The smallest absolute Gasteiger partial charge is 0.410 e. The van der Waals surface area contributed by atoms with E-state index in [1.165, 1.54) is 19.2 Å². The van der Waals surface area contributed by atoms with Gasteiger partial charge in [-0.1, -0.05) is 42.3 Å². The number of hydrogen-bond donors (Lipinski definition) is 2. The molecule has 2 aliphatic heterocycles. The molecule has 0 saturated heterocycles. The maximum absolute atomic E-state index is 14.4. The van der Waals surface area contributed by atoms with Crippen molar-refractivity contribution in [3.8, 4) is 28.7 Å². The van der Waals surface area contributed by atoms with Crippen LogP contribution < -0.4 is 18.9 Å². The van der Waals surface area contributed by atoms with Crippen LogP contribution in [0.5, 0.6) is 28.7 Å². The summed E-state index contributed by atoms with van der Waals surface area (Å²) in [5, 5.41) is 36.0. The molecule has 3 aromatic carbocycles. The van der Waals surface area contributed by atoms with Gasteiger partial charge in [0.15, 0.2) is 11.5 Å². The highest BCUT2D eigenvalue weighted by Crippen LogP contribution is 2.62. The van der Waals surface area contributed by atoms with E-state index in [0.717, 1.165) is 42.4 Å². The van der Waals surface area contributed by atoms with E-state index in [0.29, 0.717) is 47.3 Å².